The summed E-state index contributed by atoms with van der Waals surface area (Å²) in [4.78, 5) is 0. The normalized spacial score (nSPS) is 13.1. The number of hydrogen-bond donors (Lipinski definition) is 1. The predicted octanol–water partition coefficient (Wildman–Crippen LogP) is 5.37. The quantitative estimate of drug-likeness (QED) is 0.528. The van der Waals surface area contributed by atoms with Crippen molar-refractivity contribution in [3.63, 3.8) is 0 Å². The molecule has 1 N–H and O–H groups in total. The van der Waals surface area contributed by atoms with Crippen molar-refractivity contribution < 1.29 is 0 Å². The van der Waals surface area contributed by atoms with E-state index in [2.05, 4.69) is 45.4 Å². The largest absolute Gasteiger partial charge is 0.359 e. The first-order valence-electron chi connectivity index (χ1n) is 7.74. The van der Waals surface area contributed by atoms with Crippen molar-refractivity contribution in [1.29, 1.82) is 0 Å². The molecule has 0 saturated heterocycles. The molecule has 0 aliphatic rings. The molecule has 0 unspecified atom stereocenters. The topological polar surface area (TPSA) is 12.0 Å². The van der Waals surface area contributed by atoms with E-state index in [4.69, 9.17) is 0 Å². The fourth-order valence-corrected chi connectivity index (χ4v) is 16.2. The highest BCUT2D eigenvalue weighted by Crippen LogP contribution is 2.24. The van der Waals surface area contributed by atoms with Gasteiger partial charge < -0.3 is 4.65 Å². The Hall–Kier alpha value is 0.394. The number of nitrogens with one attached hydrogen (secondary N) is 1. The SMILES string of the molecule is CCC[Si](C)(CCC)N[Si](C)(CCC)CCC. The van der Waals surface area contributed by atoms with Crippen molar-refractivity contribution in [3.8, 4) is 0 Å². The maximum absolute atomic E-state index is 4.29. The maximum Gasteiger partial charge on any atom is 0.116 e. The standard InChI is InChI=1S/C14H35NSi2/c1-7-11-16(5,12-8-2)15-17(6,13-9-3)14-10-4/h15H,7-14H2,1-6H3. The van der Waals surface area contributed by atoms with E-state index in [0.717, 1.165) is 0 Å². The lowest BCUT2D eigenvalue weighted by Crippen LogP contribution is -2.61. The van der Waals surface area contributed by atoms with E-state index in [1.54, 1.807) is 0 Å². The van der Waals surface area contributed by atoms with Crippen LogP contribution in [0.25, 0.3) is 0 Å². The Bertz CT molecular complexity index is 163. The minimum Gasteiger partial charge on any atom is -0.359 e. The van der Waals surface area contributed by atoms with Gasteiger partial charge in [0.1, 0.15) is 16.5 Å². The van der Waals surface area contributed by atoms with Crippen LogP contribution in [0.1, 0.15) is 53.4 Å². The van der Waals surface area contributed by atoms with Crippen LogP contribution in [0.4, 0.5) is 0 Å². The molecule has 0 bridgehead atoms. The molecule has 0 aliphatic carbocycles. The van der Waals surface area contributed by atoms with Crippen molar-refractivity contribution in [2.24, 2.45) is 0 Å². The minimum atomic E-state index is -1.15. The van der Waals surface area contributed by atoms with E-state index in [0.29, 0.717) is 0 Å². The smallest absolute Gasteiger partial charge is 0.116 e. The van der Waals surface area contributed by atoms with Crippen LogP contribution in [0.5, 0.6) is 0 Å². The molecule has 17 heavy (non-hydrogen) atoms. The zero-order valence-corrected chi connectivity index (χ0v) is 15.2. The third-order valence-electron chi connectivity index (χ3n) is 3.81. The molecule has 1 nitrogen and oxygen atoms in total. The summed E-state index contributed by atoms with van der Waals surface area (Å²) < 4.78 is 4.29. The van der Waals surface area contributed by atoms with Crippen LogP contribution in [0.2, 0.25) is 37.3 Å². The molecule has 0 aromatic carbocycles. The molecule has 0 fully saturated rings. The van der Waals surface area contributed by atoms with Crippen LogP contribution in [0, 0.1) is 0 Å². The highest BCUT2D eigenvalue weighted by Gasteiger charge is 2.35. The molecule has 0 heterocycles. The molecule has 0 spiro atoms. The van der Waals surface area contributed by atoms with Crippen LogP contribution in [-0.2, 0) is 0 Å². The molecule has 0 aromatic rings. The van der Waals surface area contributed by atoms with Crippen molar-refractivity contribution in [3.05, 3.63) is 0 Å². The van der Waals surface area contributed by atoms with Gasteiger partial charge in [-0.3, -0.25) is 0 Å². The summed E-state index contributed by atoms with van der Waals surface area (Å²) in [5, 5.41) is 0. The van der Waals surface area contributed by atoms with E-state index in [-0.39, 0.29) is 0 Å². The van der Waals surface area contributed by atoms with E-state index >= 15 is 0 Å². The molecule has 0 rings (SSSR count). The summed E-state index contributed by atoms with van der Waals surface area (Å²) in [5.41, 5.74) is 0. The third kappa shape index (κ3) is 6.77. The molecule has 0 atom stereocenters. The predicted molar refractivity (Wildman–Crippen MR) is 86.8 cm³/mol. The van der Waals surface area contributed by atoms with Gasteiger partial charge in [-0.1, -0.05) is 66.5 Å². The first kappa shape index (κ1) is 17.4. The molecular formula is C14H35NSi2. The van der Waals surface area contributed by atoms with Crippen LogP contribution in [0.3, 0.4) is 0 Å². The second-order valence-corrected chi connectivity index (χ2v) is 15.5. The van der Waals surface area contributed by atoms with Gasteiger partial charge in [-0.2, -0.15) is 0 Å². The van der Waals surface area contributed by atoms with Crippen molar-refractivity contribution in [1.82, 2.24) is 4.65 Å². The Morgan fingerprint density at radius 3 is 1.00 bits per heavy atom. The average molecular weight is 274 g/mol. The van der Waals surface area contributed by atoms with Gasteiger partial charge >= 0.3 is 0 Å². The molecular weight excluding hydrogens is 238 g/mol. The third-order valence-corrected chi connectivity index (χ3v) is 15.1. The second kappa shape index (κ2) is 8.49. The molecule has 0 radical (unpaired) electrons. The molecule has 3 heteroatoms. The summed E-state index contributed by atoms with van der Waals surface area (Å²) in [6.07, 6.45) is 5.44. The fourth-order valence-electron chi connectivity index (χ4n) is 3.44. The van der Waals surface area contributed by atoms with Crippen molar-refractivity contribution >= 4 is 16.5 Å². The Labute approximate surface area is 112 Å². The first-order chi connectivity index (χ1) is 7.95. The van der Waals surface area contributed by atoms with Crippen molar-refractivity contribution in [2.75, 3.05) is 0 Å². The fraction of sp³-hybridized carbons (Fsp3) is 1.00. The highest BCUT2D eigenvalue weighted by atomic mass is 28.4. The molecule has 0 aromatic heterocycles. The van der Waals surface area contributed by atoms with Crippen LogP contribution >= 0.6 is 0 Å². The molecule has 0 amide bonds. The van der Waals surface area contributed by atoms with Crippen LogP contribution in [-0.4, -0.2) is 16.5 Å². The van der Waals surface area contributed by atoms with Crippen molar-refractivity contribution in [2.45, 2.75) is 90.6 Å². The number of hydrogen-bond acceptors (Lipinski definition) is 1. The Kier molecular flexibility index (Phi) is 8.68. The highest BCUT2D eigenvalue weighted by molar-refractivity contribution is 6.92. The summed E-state index contributed by atoms with van der Waals surface area (Å²) in [5.74, 6) is 0. The van der Waals surface area contributed by atoms with Gasteiger partial charge in [-0.25, -0.2) is 0 Å². The first-order valence-corrected chi connectivity index (χ1v) is 13.6. The molecule has 0 aliphatic heterocycles. The lowest BCUT2D eigenvalue weighted by molar-refractivity contribution is 0.914. The van der Waals surface area contributed by atoms with Gasteiger partial charge in [0.25, 0.3) is 0 Å². The van der Waals surface area contributed by atoms with Gasteiger partial charge in [-0.15, -0.1) is 0 Å². The number of rotatable bonds is 10. The molecule has 0 saturated carbocycles. The maximum atomic E-state index is 4.29. The molecule has 104 valence electrons. The van der Waals surface area contributed by atoms with E-state index in [1.165, 1.54) is 49.9 Å². The Balaban J connectivity index is 4.65. The van der Waals surface area contributed by atoms with E-state index in [9.17, 15) is 0 Å². The summed E-state index contributed by atoms with van der Waals surface area (Å²) in [6.45, 7) is 14.6. The van der Waals surface area contributed by atoms with E-state index in [1.807, 2.05) is 0 Å². The van der Waals surface area contributed by atoms with Gasteiger partial charge in [0, 0.05) is 0 Å². The average Bonchev–Trinajstić information content (AvgIpc) is 2.17. The van der Waals surface area contributed by atoms with Crippen LogP contribution < -0.4 is 4.65 Å². The lowest BCUT2D eigenvalue weighted by Gasteiger charge is -2.39. The summed E-state index contributed by atoms with van der Waals surface area (Å²) in [7, 11) is -2.30. The zero-order valence-electron chi connectivity index (χ0n) is 13.2. The Morgan fingerprint density at radius 1 is 0.588 bits per heavy atom. The minimum absolute atomic E-state index is 1.15. The van der Waals surface area contributed by atoms with Gasteiger partial charge in [0.2, 0.25) is 0 Å². The summed E-state index contributed by atoms with van der Waals surface area (Å²) >= 11 is 0. The van der Waals surface area contributed by atoms with Gasteiger partial charge in [0.05, 0.1) is 0 Å². The lowest BCUT2D eigenvalue weighted by atomic mass is 10.6. The van der Waals surface area contributed by atoms with Gasteiger partial charge in [-0.05, 0) is 24.2 Å². The van der Waals surface area contributed by atoms with E-state index < -0.39 is 16.5 Å². The van der Waals surface area contributed by atoms with Gasteiger partial charge in [0.15, 0.2) is 0 Å². The summed E-state index contributed by atoms with van der Waals surface area (Å²) in [6, 6.07) is 5.88. The monoisotopic (exact) mass is 273 g/mol. The second-order valence-electron chi connectivity index (χ2n) is 6.25. The Morgan fingerprint density at radius 2 is 0.824 bits per heavy atom. The van der Waals surface area contributed by atoms with Crippen LogP contribution in [0.15, 0.2) is 0 Å². The zero-order chi connectivity index (χ0) is 13.4.